The maximum Gasteiger partial charge on any atom is 0.311 e. The van der Waals surface area contributed by atoms with Gasteiger partial charge in [-0.15, -0.1) is 11.3 Å². The van der Waals surface area contributed by atoms with Gasteiger partial charge in [-0.2, -0.15) is 5.10 Å². The van der Waals surface area contributed by atoms with E-state index in [4.69, 9.17) is 9.47 Å². The second-order valence-corrected chi connectivity index (χ2v) is 5.24. The van der Waals surface area contributed by atoms with Crippen molar-refractivity contribution in [2.45, 2.75) is 13.3 Å². The summed E-state index contributed by atoms with van der Waals surface area (Å²) < 4.78 is 23.5. The second kappa shape index (κ2) is 8.23. The molecule has 2 aromatic rings. The summed E-state index contributed by atoms with van der Waals surface area (Å²) >= 11 is 1.30. The summed E-state index contributed by atoms with van der Waals surface area (Å²) in [6, 6.07) is 4.49. The molecule has 0 aliphatic rings. The Kier molecular flexibility index (Phi) is 6.04. The fourth-order valence-electron chi connectivity index (χ4n) is 1.70. The van der Waals surface area contributed by atoms with Crippen molar-refractivity contribution in [2.75, 3.05) is 19.1 Å². The molecule has 122 valence electrons. The Labute approximate surface area is 137 Å². The number of nitrogens with one attached hydrogen (secondary N) is 1. The molecule has 0 radical (unpaired) electrons. The van der Waals surface area contributed by atoms with Gasteiger partial charge in [-0.3, -0.25) is 10.2 Å². The molecule has 0 saturated carbocycles. The highest BCUT2D eigenvalue weighted by atomic mass is 32.1. The molecule has 1 aromatic heterocycles. The third-order valence-corrected chi connectivity index (χ3v) is 3.55. The molecule has 0 aliphatic carbocycles. The van der Waals surface area contributed by atoms with Crippen molar-refractivity contribution in [3.8, 4) is 5.75 Å². The Morgan fingerprint density at radius 2 is 2.35 bits per heavy atom. The Hall–Kier alpha value is -2.48. The van der Waals surface area contributed by atoms with Gasteiger partial charge in [-0.1, -0.05) is 0 Å². The molecule has 0 saturated heterocycles. The molecule has 0 spiro atoms. The minimum atomic E-state index is -0.433. The van der Waals surface area contributed by atoms with Crippen molar-refractivity contribution in [2.24, 2.45) is 5.10 Å². The number of esters is 1. The lowest BCUT2D eigenvalue weighted by Gasteiger charge is -2.01. The molecule has 8 heteroatoms. The summed E-state index contributed by atoms with van der Waals surface area (Å²) in [4.78, 5) is 15.5. The minimum Gasteiger partial charge on any atom is -0.497 e. The van der Waals surface area contributed by atoms with E-state index in [9.17, 15) is 9.18 Å². The number of carbonyl (C=O) groups is 1. The van der Waals surface area contributed by atoms with Crippen LogP contribution in [0, 0.1) is 5.82 Å². The zero-order valence-corrected chi connectivity index (χ0v) is 13.5. The molecule has 1 N–H and O–H groups in total. The summed E-state index contributed by atoms with van der Waals surface area (Å²) in [5.74, 6) is -0.318. The number of halogens is 1. The molecule has 1 heterocycles. The Morgan fingerprint density at radius 3 is 3.04 bits per heavy atom. The molecular weight excluding hydrogens is 321 g/mol. The molecule has 0 aliphatic heterocycles. The van der Waals surface area contributed by atoms with E-state index in [0.29, 0.717) is 28.7 Å². The van der Waals surface area contributed by atoms with Crippen LogP contribution in [0.1, 0.15) is 18.2 Å². The van der Waals surface area contributed by atoms with Gasteiger partial charge >= 0.3 is 5.97 Å². The molecule has 0 amide bonds. The summed E-state index contributed by atoms with van der Waals surface area (Å²) in [6.45, 7) is 2.09. The van der Waals surface area contributed by atoms with Crippen molar-refractivity contribution >= 4 is 28.7 Å². The number of carbonyl (C=O) groups excluding carboxylic acids is 1. The fourth-order valence-corrected chi connectivity index (χ4v) is 2.36. The van der Waals surface area contributed by atoms with Crippen molar-refractivity contribution < 1.29 is 18.7 Å². The Morgan fingerprint density at radius 1 is 1.52 bits per heavy atom. The van der Waals surface area contributed by atoms with Crippen LogP contribution >= 0.6 is 11.3 Å². The lowest BCUT2D eigenvalue weighted by Crippen LogP contribution is -2.07. The van der Waals surface area contributed by atoms with Gasteiger partial charge in [0, 0.05) is 17.0 Å². The maximum absolute atomic E-state index is 13.7. The molecule has 2 rings (SSSR count). The SMILES string of the molecule is CCOC(=O)Cc1csc(NN=Cc2ccc(OC)cc2F)n1. The topological polar surface area (TPSA) is 72.8 Å². The quantitative estimate of drug-likeness (QED) is 0.478. The molecule has 1 aromatic carbocycles. The predicted molar refractivity (Wildman–Crippen MR) is 86.6 cm³/mol. The number of nitrogens with zero attached hydrogens (tertiary/aromatic N) is 2. The van der Waals surface area contributed by atoms with Crippen LogP contribution < -0.4 is 10.2 Å². The van der Waals surface area contributed by atoms with Gasteiger partial charge in [0.1, 0.15) is 11.6 Å². The van der Waals surface area contributed by atoms with Gasteiger partial charge in [0.2, 0.25) is 5.13 Å². The Bertz CT molecular complexity index is 703. The number of hydrazone groups is 1. The van der Waals surface area contributed by atoms with Gasteiger partial charge < -0.3 is 9.47 Å². The van der Waals surface area contributed by atoms with E-state index in [2.05, 4.69) is 15.5 Å². The summed E-state index contributed by atoms with van der Waals surface area (Å²) in [5.41, 5.74) is 3.62. The van der Waals surface area contributed by atoms with Crippen molar-refractivity contribution in [1.29, 1.82) is 0 Å². The standard InChI is InChI=1S/C15H16FN3O3S/c1-3-22-14(20)6-11-9-23-15(18-11)19-17-8-10-4-5-12(21-2)7-13(10)16/h4-5,7-9H,3,6H2,1-2H3,(H,18,19). The minimum absolute atomic E-state index is 0.114. The monoisotopic (exact) mass is 337 g/mol. The zero-order chi connectivity index (χ0) is 16.7. The molecule has 0 bridgehead atoms. The number of ether oxygens (including phenoxy) is 2. The molecule has 0 atom stereocenters. The Balaban J connectivity index is 1.93. The van der Waals surface area contributed by atoms with E-state index in [1.54, 1.807) is 24.4 Å². The number of methoxy groups -OCH3 is 1. The lowest BCUT2D eigenvalue weighted by atomic mass is 10.2. The number of hydrogen-bond acceptors (Lipinski definition) is 7. The smallest absolute Gasteiger partial charge is 0.311 e. The zero-order valence-electron chi connectivity index (χ0n) is 12.7. The van der Waals surface area contributed by atoms with E-state index in [1.807, 2.05) is 0 Å². The highest BCUT2D eigenvalue weighted by Gasteiger charge is 2.08. The maximum atomic E-state index is 13.7. The van der Waals surface area contributed by atoms with E-state index < -0.39 is 5.82 Å². The third-order valence-electron chi connectivity index (χ3n) is 2.75. The summed E-state index contributed by atoms with van der Waals surface area (Å²) in [7, 11) is 1.47. The first-order chi connectivity index (χ1) is 11.1. The van der Waals surface area contributed by atoms with Crippen LogP contribution in [-0.2, 0) is 16.0 Å². The number of rotatable bonds is 7. The van der Waals surface area contributed by atoms with Crippen LogP contribution in [0.5, 0.6) is 5.75 Å². The van der Waals surface area contributed by atoms with Gasteiger partial charge in [0.15, 0.2) is 0 Å². The third kappa shape index (κ3) is 5.03. The number of hydrogen-bond donors (Lipinski definition) is 1. The average Bonchev–Trinajstić information content (AvgIpc) is 2.96. The average molecular weight is 337 g/mol. The number of thiazole rings is 1. The second-order valence-electron chi connectivity index (χ2n) is 4.38. The van der Waals surface area contributed by atoms with Gasteiger partial charge in [-0.05, 0) is 19.1 Å². The van der Waals surface area contributed by atoms with E-state index in [-0.39, 0.29) is 12.4 Å². The largest absolute Gasteiger partial charge is 0.497 e. The highest BCUT2D eigenvalue weighted by Crippen LogP contribution is 2.17. The molecule has 23 heavy (non-hydrogen) atoms. The highest BCUT2D eigenvalue weighted by molar-refractivity contribution is 7.13. The van der Waals surface area contributed by atoms with Crippen LogP contribution in [0.4, 0.5) is 9.52 Å². The molecule has 0 fully saturated rings. The number of benzene rings is 1. The lowest BCUT2D eigenvalue weighted by molar-refractivity contribution is -0.142. The number of anilines is 1. The summed E-state index contributed by atoms with van der Waals surface area (Å²) in [6.07, 6.45) is 1.46. The first-order valence-electron chi connectivity index (χ1n) is 6.85. The normalized spacial score (nSPS) is 10.7. The van der Waals surface area contributed by atoms with Gasteiger partial charge in [-0.25, -0.2) is 9.37 Å². The van der Waals surface area contributed by atoms with Gasteiger partial charge in [0.25, 0.3) is 0 Å². The predicted octanol–water partition coefficient (Wildman–Crippen LogP) is 2.84. The first-order valence-corrected chi connectivity index (χ1v) is 7.73. The van der Waals surface area contributed by atoms with E-state index in [1.165, 1.54) is 30.7 Å². The van der Waals surface area contributed by atoms with Crippen LogP contribution in [0.25, 0.3) is 0 Å². The van der Waals surface area contributed by atoms with Crippen molar-refractivity contribution in [3.63, 3.8) is 0 Å². The number of aromatic nitrogens is 1. The van der Waals surface area contributed by atoms with Crippen LogP contribution in [0.2, 0.25) is 0 Å². The van der Waals surface area contributed by atoms with E-state index in [0.717, 1.165) is 0 Å². The van der Waals surface area contributed by atoms with E-state index >= 15 is 0 Å². The van der Waals surface area contributed by atoms with Crippen LogP contribution in [0.15, 0.2) is 28.7 Å². The van der Waals surface area contributed by atoms with Gasteiger partial charge in [0.05, 0.1) is 32.0 Å². The molecule has 6 nitrogen and oxygen atoms in total. The summed E-state index contributed by atoms with van der Waals surface area (Å²) in [5, 5.41) is 6.18. The van der Waals surface area contributed by atoms with Crippen molar-refractivity contribution in [1.82, 2.24) is 4.98 Å². The van der Waals surface area contributed by atoms with Crippen LogP contribution in [0.3, 0.4) is 0 Å². The fraction of sp³-hybridized carbons (Fsp3) is 0.267. The first kappa shape index (κ1) is 16.9. The van der Waals surface area contributed by atoms with Crippen LogP contribution in [-0.4, -0.2) is 30.9 Å². The molecule has 0 unspecified atom stereocenters. The van der Waals surface area contributed by atoms with Crippen molar-refractivity contribution in [3.05, 3.63) is 40.7 Å². The molecular formula is C15H16FN3O3S.